The molecule has 2 aromatic rings. The Labute approximate surface area is 94.1 Å². The van der Waals surface area contributed by atoms with E-state index in [-0.39, 0.29) is 6.04 Å². The van der Waals surface area contributed by atoms with Gasteiger partial charge in [0, 0.05) is 18.0 Å². The van der Waals surface area contributed by atoms with E-state index < -0.39 is 0 Å². The van der Waals surface area contributed by atoms with Crippen LogP contribution in [0.1, 0.15) is 25.7 Å². The topological polar surface area (TPSA) is 80.5 Å². The largest absolute Gasteiger partial charge is 0.321 e. The van der Waals surface area contributed by atoms with Gasteiger partial charge in [0.1, 0.15) is 5.82 Å². The molecule has 0 spiro atoms. The highest BCUT2D eigenvalue weighted by Crippen LogP contribution is 2.18. The number of hydrogen-bond acceptors (Lipinski definition) is 4. The van der Waals surface area contributed by atoms with Crippen molar-refractivity contribution in [1.29, 1.82) is 0 Å². The van der Waals surface area contributed by atoms with E-state index in [2.05, 4.69) is 34.0 Å². The van der Waals surface area contributed by atoms with Gasteiger partial charge in [0.2, 0.25) is 0 Å². The van der Waals surface area contributed by atoms with Gasteiger partial charge in [-0.2, -0.15) is 5.10 Å². The molecule has 0 aromatic carbocycles. The quantitative estimate of drug-likeness (QED) is 0.816. The van der Waals surface area contributed by atoms with Crippen LogP contribution in [-0.4, -0.2) is 20.2 Å². The molecule has 0 bridgehead atoms. The summed E-state index contributed by atoms with van der Waals surface area (Å²) in [6, 6.07) is 3.63. The third-order valence-electron chi connectivity index (χ3n) is 2.48. The second kappa shape index (κ2) is 4.40. The highest BCUT2D eigenvalue weighted by Gasteiger charge is 2.15. The molecule has 0 aliphatic carbocycles. The zero-order valence-corrected chi connectivity index (χ0v) is 9.38. The van der Waals surface area contributed by atoms with Gasteiger partial charge in [0.05, 0.1) is 6.04 Å². The predicted octanol–water partition coefficient (Wildman–Crippen LogP) is 1.52. The molecule has 2 heterocycles. The van der Waals surface area contributed by atoms with Crippen LogP contribution in [0.5, 0.6) is 0 Å². The predicted molar refractivity (Wildman–Crippen MR) is 61.4 cm³/mol. The van der Waals surface area contributed by atoms with E-state index in [1.807, 2.05) is 12.1 Å². The standard InChI is InChI=1S/C11H15N5/c1-7(2)9(12)11-14-10(15-16-11)8-3-5-13-6-4-8/h3-7,9H,12H2,1-2H3,(H,14,15,16)/t9-/m1/s1. The van der Waals surface area contributed by atoms with Crippen LogP contribution in [0.4, 0.5) is 0 Å². The summed E-state index contributed by atoms with van der Waals surface area (Å²) < 4.78 is 0. The van der Waals surface area contributed by atoms with Gasteiger partial charge in [-0.15, -0.1) is 0 Å². The Kier molecular flexibility index (Phi) is 2.96. The first kappa shape index (κ1) is 10.8. The number of aromatic amines is 1. The lowest BCUT2D eigenvalue weighted by Gasteiger charge is -2.10. The van der Waals surface area contributed by atoms with Gasteiger partial charge in [-0.1, -0.05) is 13.8 Å². The summed E-state index contributed by atoms with van der Waals surface area (Å²) >= 11 is 0. The average molecular weight is 217 g/mol. The molecule has 3 N–H and O–H groups in total. The Bertz CT molecular complexity index is 448. The number of rotatable bonds is 3. The lowest BCUT2D eigenvalue weighted by molar-refractivity contribution is 0.492. The Morgan fingerprint density at radius 1 is 1.25 bits per heavy atom. The van der Waals surface area contributed by atoms with Crippen molar-refractivity contribution in [3.63, 3.8) is 0 Å². The molecular weight excluding hydrogens is 202 g/mol. The number of nitrogens with one attached hydrogen (secondary N) is 1. The molecule has 0 fully saturated rings. The van der Waals surface area contributed by atoms with Crippen molar-refractivity contribution in [2.24, 2.45) is 11.7 Å². The van der Waals surface area contributed by atoms with E-state index in [9.17, 15) is 0 Å². The number of hydrogen-bond donors (Lipinski definition) is 2. The smallest absolute Gasteiger partial charge is 0.181 e. The number of H-pyrrole nitrogens is 1. The third-order valence-corrected chi connectivity index (χ3v) is 2.48. The van der Waals surface area contributed by atoms with E-state index in [0.29, 0.717) is 11.7 Å². The van der Waals surface area contributed by atoms with Crippen LogP contribution in [0.25, 0.3) is 11.4 Å². The van der Waals surface area contributed by atoms with Crippen molar-refractivity contribution >= 4 is 0 Å². The van der Waals surface area contributed by atoms with Gasteiger partial charge < -0.3 is 5.73 Å². The Morgan fingerprint density at radius 2 is 1.94 bits per heavy atom. The van der Waals surface area contributed by atoms with E-state index >= 15 is 0 Å². The normalized spacial score (nSPS) is 13.0. The maximum Gasteiger partial charge on any atom is 0.181 e. The molecule has 0 radical (unpaired) electrons. The van der Waals surface area contributed by atoms with Crippen LogP contribution in [0.2, 0.25) is 0 Å². The fourth-order valence-corrected chi connectivity index (χ4v) is 1.37. The van der Waals surface area contributed by atoms with Crippen LogP contribution in [-0.2, 0) is 0 Å². The molecule has 84 valence electrons. The lowest BCUT2D eigenvalue weighted by Crippen LogP contribution is -2.18. The molecular formula is C11H15N5. The molecule has 0 aliphatic rings. The van der Waals surface area contributed by atoms with Gasteiger partial charge in [-0.3, -0.25) is 10.1 Å². The zero-order valence-electron chi connectivity index (χ0n) is 9.38. The van der Waals surface area contributed by atoms with Crippen LogP contribution in [0.15, 0.2) is 24.5 Å². The Morgan fingerprint density at radius 3 is 2.56 bits per heavy atom. The summed E-state index contributed by atoms with van der Waals surface area (Å²) in [7, 11) is 0. The second-order valence-electron chi connectivity index (χ2n) is 4.05. The minimum atomic E-state index is -0.108. The summed E-state index contributed by atoms with van der Waals surface area (Å²) in [5.41, 5.74) is 6.92. The summed E-state index contributed by atoms with van der Waals surface area (Å²) in [4.78, 5) is 8.33. The van der Waals surface area contributed by atoms with E-state index in [0.717, 1.165) is 11.4 Å². The lowest BCUT2D eigenvalue weighted by atomic mass is 10.1. The third kappa shape index (κ3) is 2.09. The SMILES string of the molecule is CC(C)[C@@H](N)c1nc(-c2ccncc2)n[nH]1. The number of pyridine rings is 1. The molecule has 5 heteroatoms. The van der Waals surface area contributed by atoms with Crippen LogP contribution < -0.4 is 5.73 Å². The van der Waals surface area contributed by atoms with E-state index in [1.165, 1.54) is 0 Å². The van der Waals surface area contributed by atoms with Crippen LogP contribution in [0.3, 0.4) is 0 Å². The average Bonchev–Trinajstić information content (AvgIpc) is 2.78. The van der Waals surface area contributed by atoms with Crippen molar-refractivity contribution in [2.45, 2.75) is 19.9 Å². The van der Waals surface area contributed by atoms with E-state index in [4.69, 9.17) is 5.73 Å². The monoisotopic (exact) mass is 217 g/mol. The van der Waals surface area contributed by atoms with Crippen LogP contribution in [0, 0.1) is 5.92 Å². The molecule has 0 unspecified atom stereocenters. The summed E-state index contributed by atoms with van der Waals surface area (Å²) in [6.07, 6.45) is 3.43. The second-order valence-corrected chi connectivity index (χ2v) is 4.05. The van der Waals surface area contributed by atoms with Crippen molar-refractivity contribution in [2.75, 3.05) is 0 Å². The van der Waals surface area contributed by atoms with Crippen molar-refractivity contribution < 1.29 is 0 Å². The first-order valence-electron chi connectivity index (χ1n) is 5.26. The maximum atomic E-state index is 5.98. The van der Waals surface area contributed by atoms with Crippen molar-refractivity contribution in [3.8, 4) is 11.4 Å². The fraction of sp³-hybridized carbons (Fsp3) is 0.364. The molecule has 5 nitrogen and oxygen atoms in total. The highest BCUT2D eigenvalue weighted by atomic mass is 15.2. The van der Waals surface area contributed by atoms with Gasteiger partial charge >= 0.3 is 0 Å². The molecule has 1 atom stereocenters. The Hall–Kier alpha value is -1.75. The summed E-state index contributed by atoms with van der Waals surface area (Å²) in [5.74, 6) is 1.72. The molecule has 2 aromatic heterocycles. The van der Waals surface area contributed by atoms with E-state index in [1.54, 1.807) is 12.4 Å². The molecule has 0 amide bonds. The molecule has 0 saturated heterocycles. The van der Waals surface area contributed by atoms with Crippen LogP contribution >= 0.6 is 0 Å². The minimum Gasteiger partial charge on any atom is -0.321 e. The molecule has 16 heavy (non-hydrogen) atoms. The number of nitrogens with two attached hydrogens (primary N) is 1. The van der Waals surface area contributed by atoms with Crippen molar-refractivity contribution in [1.82, 2.24) is 20.2 Å². The van der Waals surface area contributed by atoms with Gasteiger partial charge in [-0.05, 0) is 18.1 Å². The molecule has 0 saturated carbocycles. The van der Waals surface area contributed by atoms with Gasteiger partial charge in [0.15, 0.2) is 5.82 Å². The number of nitrogens with zero attached hydrogens (tertiary/aromatic N) is 3. The van der Waals surface area contributed by atoms with Gasteiger partial charge in [0.25, 0.3) is 0 Å². The van der Waals surface area contributed by atoms with Gasteiger partial charge in [-0.25, -0.2) is 4.98 Å². The number of aromatic nitrogens is 4. The minimum absolute atomic E-state index is 0.108. The summed E-state index contributed by atoms with van der Waals surface area (Å²) in [5, 5.41) is 7.02. The highest BCUT2D eigenvalue weighted by molar-refractivity contribution is 5.52. The molecule has 2 rings (SSSR count). The Balaban J connectivity index is 2.27. The molecule has 0 aliphatic heterocycles. The summed E-state index contributed by atoms with van der Waals surface area (Å²) in [6.45, 7) is 4.11. The fourth-order valence-electron chi connectivity index (χ4n) is 1.37. The maximum absolute atomic E-state index is 5.98. The first-order chi connectivity index (χ1) is 7.68. The van der Waals surface area contributed by atoms with Crippen molar-refractivity contribution in [3.05, 3.63) is 30.4 Å². The zero-order chi connectivity index (χ0) is 11.5. The first-order valence-corrected chi connectivity index (χ1v) is 5.26.